The molecular weight excluding hydrogens is 230 g/mol. The largest absolute Gasteiger partial charge is 0.497 e. The Morgan fingerprint density at radius 2 is 2.11 bits per heavy atom. The first-order chi connectivity index (χ1) is 8.86. The second-order valence-corrected chi connectivity index (χ2v) is 4.41. The number of nitrogens with one attached hydrogen (secondary N) is 2. The van der Waals surface area contributed by atoms with E-state index in [1.165, 1.54) is 5.56 Å². The summed E-state index contributed by atoms with van der Waals surface area (Å²) in [6.45, 7) is 0. The fourth-order valence-corrected chi connectivity index (χ4v) is 2.10. The number of benzene rings is 1. The number of hydrogen-bond donors (Lipinski definition) is 2. The molecule has 0 saturated carbocycles. The maximum Gasteiger partial charge on any atom is 0.192 e. The van der Waals surface area contributed by atoms with Crippen LogP contribution < -0.4 is 10.1 Å². The van der Waals surface area contributed by atoms with E-state index >= 15 is 0 Å². The van der Waals surface area contributed by atoms with Crippen molar-refractivity contribution in [2.24, 2.45) is 0 Å². The van der Waals surface area contributed by atoms with Crippen molar-refractivity contribution in [2.75, 3.05) is 7.11 Å². The first-order valence-corrected chi connectivity index (χ1v) is 5.99. The van der Waals surface area contributed by atoms with Crippen LogP contribution in [0.25, 0.3) is 0 Å². The molecule has 1 aliphatic heterocycles. The molecular formula is C12H15N5O. The van der Waals surface area contributed by atoms with Gasteiger partial charge >= 0.3 is 0 Å². The van der Waals surface area contributed by atoms with Crippen LogP contribution in [0.15, 0.2) is 24.3 Å². The van der Waals surface area contributed by atoms with Crippen LogP contribution in [0.2, 0.25) is 0 Å². The van der Waals surface area contributed by atoms with Gasteiger partial charge in [-0.05, 0) is 30.5 Å². The van der Waals surface area contributed by atoms with Gasteiger partial charge in [0.25, 0.3) is 0 Å². The molecule has 18 heavy (non-hydrogen) atoms. The lowest BCUT2D eigenvalue weighted by atomic mass is 10.1. The van der Waals surface area contributed by atoms with Gasteiger partial charge in [0.1, 0.15) is 5.75 Å². The Labute approximate surface area is 105 Å². The summed E-state index contributed by atoms with van der Waals surface area (Å²) in [6.07, 6.45) is 2.11. The molecule has 1 aliphatic rings. The summed E-state index contributed by atoms with van der Waals surface area (Å²) in [5.74, 6) is 1.66. The number of aryl methyl sites for hydroxylation is 1. The van der Waals surface area contributed by atoms with Gasteiger partial charge < -0.3 is 10.1 Å². The Morgan fingerprint density at radius 1 is 1.28 bits per heavy atom. The van der Waals surface area contributed by atoms with Gasteiger partial charge in [0, 0.05) is 6.04 Å². The Hall–Kier alpha value is -1.95. The first-order valence-electron chi connectivity index (χ1n) is 5.99. The highest BCUT2D eigenvalue weighted by Gasteiger charge is 2.39. The SMILES string of the molecule is COc1ccc(CCC2NC2c2nn[nH]n2)cc1. The van der Waals surface area contributed by atoms with Crippen molar-refractivity contribution < 1.29 is 4.74 Å². The summed E-state index contributed by atoms with van der Waals surface area (Å²) < 4.78 is 5.13. The van der Waals surface area contributed by atoms with E-state index in [0.29, 0.717) is 6.04 Å². The highest BCUT2D eigenvalue weighted by atomic mass is 16.5. The number of nitrogens with zero attached hydrogens (tertiary/aromatic N) is 3. The zero-order valence-corrected chi connectivity index (χ0v) is 10.1. The van der Waals surface area contributed by atoms with E-state index in [9.17, 15) is 0 Å². The average Bonchev–Trinajstić information content (AvgIpc) is 2.99. The molecule has 6 nitrogen and oxygen atoms in total. The third-order valence-corrected chi connectivity index (χ3v) is 3.23. The maximum absolute atomic E-state index is 5.13. The van der Waals surface area contributed by atoms with Crippen molar-refractivity contribution in [1.82, 2.24) is 25.9 Å². The van der Waals surface area contributed by atoms with Crippen molar-refractivity contribution in [3.05, 3.63) is 35.7 Å². The van der Waals surface area contributed by atoms with Crippen LogP contribution in [-0.2, 0) is 6.42 Å². The van der Waals surface area contributed by atoms with E-state index in [0.717, 1.165) is 24.4 Å². The number of aromatic amines is 1. The minimum absolute atomic E-state index is 0.266. The fraction of sp³-hybridized carbons (Fsp3) is 0.417. The molecule has 0 bridgehead atoms. The molecule has 2 N–H and O–H groups in total. The molecule has 2 heterocycles. The van der Waals surface area contributed by atoms with Gasteiger partial charge in [0.2, 0.25) is 0 Å². The first kappa shape index (κ1) is 11.2. The van der Waals surface area contributed by atoms with E-state index in [1.54, 1.807) is 7.11 Å². The number of hydrogen-bond acceptors (Lipinski definition) is 5. The zero-order chi connectivity index (χ0) is 12.4. The molecule has 0 amide bonds. The number of tetrazole rings is 1. The number of rotatable bonds is 5. The van der Waals surface area contributed by atoms with Crippen LogP contribution in [-0.4, -0.2) is 33.8 Å². The summed E-state index contributed by atoms with van der Waals surface area (Å²) in [6, 6.07) is 8.92. The van der Waals surface area contributed by atoms with E-state index in [1.807, 2.05) is 12.1 Å². The molecule has 2 aromatic rings. The Morgan fingerprint density at radius 3 is 2.78 bits per heavy atom. The summed E-state index contributed by atoms with van der Waals surface area (Å²) in [4.78, 5) is 0. The number of H-pyrrole nitrogens is 1. The lowest BCUT2D eigenvalue weighted by molar-refractivity contribution is 0.414. The molecule has 2 atom stereocenters. The second kappa shape index (κ2) is 4.73. The van der Waals surface area contributed by atoms with E-state index < -0.39 is 0 Å². The van der Waals surface area contributed by atoms with Gasteiger partial charge in [0.05, 0.1) is 13.2 Å². The average molecular weight is 245 g/mol. The van der Waals surface area contributed by atoms with Crippen molar-refractivity contribution in [2.45, 2.75) is 24.9 Å². The monoisotopic (exact) mass is 245 g/mol. The summed E-state index contributed by atoms with van der Waals surface area (Å²) >= 11 is 0. The van der Waals surface area contributed by atoms with Gasteiger partial charge in [-0.15, -0.1) is 10.2 Å². The Balaban J connectivity index is 1.50. The molecule has 2 unspecified atom stereocenters. The minimum atomic E-state index is 0.266. The summed E-state index contributed by atoms with van der Waals surface area (Å²) in [5.41, 5.74) is 1.32. The summed E-state index contributed by atoms with van der Waals surface area (Å²) in [7, 11) is 1.68. The number of aromatic nitrogens is 4. The molecule has 1 fully saturated rings. The van der Waals surface area contributed by atoms with Gasteiger partial charge in [-0.2, -0.15) is 5.21 Å². The Kier molecular flexibility index (Phi) is 2.93. The number of methoxy groups -OCH3 is 1. The molecule has 1 saturated heterocycles. The van der Waals surface area contributed by atoms with Crippen molar-refractivity contribution >= 4 is 0 Å². The van der Waals surface area contributed by atoms with Crippen LogP contribution in [0.4, 0.5) is 0 Å². The predicted molar refractivity (Wildman–Crippen MR) is 65.2 cm³/mol. The van der Waals surface area contributed by atoms with Gasteiger partial charge in [0.15, 0.2) is 5.82 Å². The lowest BCUT2D eigenvalue weighted by Gasteiger charge is -2.02. The summed E-state index contributed by atoms with van der Waals surface area (Å²) in [5, 5.41) is 17.4. The molecule has 94 valence electrons. The van der Waals surface area contributed by atoms with Crippen LogP contribution in [0.3, 0.4) is 0 Å². The quantitative estimate of drug-likeness (QED) is 0.763. The van der Waals surface area contributed by atoms with E-state index in [-0.39, 0.29) is 6.04 Å². The topological polar surface area (TPSA) is 85.6 Å². The fourth-order valence-electron chi connectivity index (χ4n) is 2.10. The molecule has 1 aromatic heterocycles. The van der Waals surface area contributed by atoms with Gasteiger partial charge in [-0.1, -0.05) is 17.3 Å². The van der Waals surface area contributed by atoms with Crippen molar-refractivity contribution in [3.63, 3.8) is 0 Å². The third-order valence-electron chi connectivity index (χ3n) is 3.23. The standard InChI is InChI=1S/C12H15N5O/c1-18-9-5-2-8(3-6-9)4-7-10-11(13-10)12-14-16-17-15-12/h2-3,5-6,10-11,13H,4,7H2,1H3,(H,14,15,16,17). The zero-order valence-electron chi connectivity index (χ0n) is 10.1. The molecule has 0 spiro atoms. The minimum Gasteiger partial charge on any atom is -0.497 e. The number of ether oxygens (including phenoxy) is 1. The normalized spacial score (nSPS) is 21.8. The highest BCUT2D eigenvalue weighted by molar-refractivity contribution is 5.27. The van der Waals surface area contributed by atoms with Crippen LogP contribution in [0, 0.1) is 0 Å². The van der Waals surface area contributed by atoms with E-state index in [4.69, 9.17) is 4.74 Å². The van der Waals surface area contributed by atoms with Crippen molar-refractivity contribution in [1.29, 1.82) is 0 Å². The third kappa shape index (κ3) is 2.33. The van der Waals surface area contributed by atoms with Crippen LogP contribution in [0.1, 0.15) is 23.9 Å². The van der Waals surface area contributed by atoms with Crippen molar-refractivity contribution in [3.8, 4) is 5.75 Å². The lowest BCUT2D eigenvalue weighted by Crippen LogP contribution is -1.95. The predicted octanol–water partition coefficient (Wildman–Crippen LogP) is 0.854. The van der Waals surface area contributed by atoms with Crippen LogP contribution in [0.5, 0.6) is 5.75 Å². The van der Waals surface area contributed by atoms with Gasteiger partial charge in [-0.3, -0.25) is 0 Å². The molecule has 1 aromatic carbocycles. The molecule has 6 heteroatoms. The maximum atomic E-state index is 5.13. The van der Waals surface area contributed by atoms with Gasteiger partial charge in [-0.25, -0.2) is 0 Å². The molecule has 0 aliphatic carbocycles. The molecule has 3 rings (SSSR count). The Bertz CT molecular complexity index is 496. The van der Waals surface area contributed by atoms with E-state index in [2.05, 4.69) is 38.1 Å². The van der Waals surface area contributed by atoms with Crippen LogP contribution >= 0.6 is 0 Å². The highest BCUT2D eigenvalue weighted by Crippen LogP contribution is 2.29. The second-order valence-electron chi connectivity index (χ2n) is 4.41. The molecule has 0 radical (unpaired) electrons. The smallest absolute Gasteiger partial charge is 0.192 e.